The summed E-state index contributed by atoms with van der Waals surface area (Å²) in [6, 6.07) is 11.4. The van der Waals surface area contributed by atoms with Crippen molar-refractivity contribution in [2.24, 2.45) is 0 Å². The van der Waals surface area contributed by atoms with Gasteiger partial charge in [0.15, 0.2) is 0 Å². The van der Waals surface area contributed by atoms with Crippen LogP contribution >= 0.6 is 0 Å². The summed E-state index contributed by atoms with van der Waals surface area (Å²) < 4.78 is 29.1. The van der Waals surface area contributed by atoms with Gasteiger partial charge < -0.3 is 4.98 Å². The molecule has 1 unspecified atom stereocenters. The molecule has 0 aliphatic carbocycles. The average Bonchev–Trinajstić information content (AvgIpc) is 3.12. The maximum Gasteiger partial charge on any atom is 0.131 e. The van der Waals surface area contributed by atoms with Crippen molar-refractivity contribution in [2.75, 3.05) is 6.54 Å². The topological polar surface area (TPSA) is 31.9 Å². The van der Waals surface area contributed by atoms with E-state index in [2.05, 4.69) is 21.4 Å². The molecular formula is C21H19F2N3. The Morgan fingerprint density at radius 1 is 1.19 bits per heavy atom. The Morgan fingerprint density at radius 2 is 1.96 bits per heavy atom. The summed E-state index contributed by atoms with van der Waals surface area (Å²) in [5.74, 6) is -1.09. The molecule has 1 aliphatic rings. The predicted octanol–water partition coefficient (Wildman–Crippen LogP) is 4.48. The summed E-state index contributed by atoms with van der Waals surface area (Å²) in [5, 5.41) is 0. The van der Waals surface area contributed by atoms with Gasteiger partial charge in [0.1, 0.15) is 11.6 Å². The number of benzene rings is 2. The number of nitrogens with zero attached hydrogens (tertiary/aromatic N) is 2. The van der Waals surface area contributed by atoms with Gasteiger partial charge in [-0.25, -0.2) is 13.8 Å². The van der Waals surface area contributed by atoms with Crippen LogP contribution in [0, 0.1) is 11.6 Å². The lowest BCUT2D eigenvalue weighted by molar-refractivity contribution is 0.193. The molecule has 3 nitrogen and oxygen atoms in total. The van der Waals surface area contributed by atoms with E-state index in [1.807, 2.05) is 24.3 Å². The summed E-state index contributed by atoms with van der Waals surface area (Å²) in [6.07, 6.45) is 4.15. The monoisotopic (exact) mass is 351 g/mol. The Labute approximate surface area is 151 Å². The molecule has 3 aromatic rings. The van der Waals surface area contributed by atoms with E-state index in [0.717, 1.165) is 23.2 Å². The summed E-state index contributed by atoms with van der Waals surface area (Å²) in [4.78, 5) is 9.55. The number of H-pyrrole nitrogens is 1. The van der Waals surface area contributed by atoms with Crippen LogP contribution in [0.4, 0.5) is 8.78 Å². The van der Waals surface area contributed by atoms with Crippen molar-refractivity contribution in [2.45, 2.75) is 19.0 Å². The van der Waals surface area contributed by atoms with Crippen molar-refractivity contribution < 1.29 is 8.78 Å². The van der Waals surface area contributed by atoms with E-state index in [-0.39, 0.29) is 5.56 Å². The third kappa shape index (κ3) is 2.95. The number of nitrogens with one attached hydrogen (secondary N) is 1. The number of rotatable bonds is 4. The van der Waals surface area contributed by atoms with E-state index < -0.39 is 17.7 Å². The van der Waals surface area contributed by atoms with Crippen molar-refractivity contribution in [3.05, 3.63) is 95.1 Å². The van der Waals surface area contributed by atoms with Crippen molar-refractivity contribution in [1.29, 1.82) is 0 Å². The number of hydrogen-bond acceptors (Lipinski definition) is 2. The second-order valence-corrected chi connectivity index (χ2v) is 6.47. The Kier molecular flexibility index (Phi) is 4.39. The van der Waals surface area contributed by atoms with Gasteiger partial charge in [0.2, 0.25) is 0 Å². The molecule has 0 spiro atoms. The number of aromatic amines is 1. The van der Waals surface area contributed by atoms with Gasteiger partial charge in [-0.1, -0.05) is 43.0 Å². The number of hydrogen-bond donors (Lipinski definition) is 1. The van der Waals surface area contributed by atoms with Crippen LogP contribution in [-0.4, -0.2) is 21.4 Å². The van der Waals surface area contributed by atoms with E-state index in [9.17, 15) is 8.78 Å². The maximum atomic E-state index is 14.5. The van der Waals surface area contributed by atoms with Crippen molar-refractivity contribution in [3.8, 4) is 0 Å². The first-order valence-electron chi connectivity index (χ1n) is 8.59. The largest absolute Gasteiger partial charge is 0.348 e. The van der Waals surface area contributed by atoms with Gasteiger partial charge in [0.05, 0.1) is 18.1 Å². The lowest BCUT2D eigenvalue weighted by atomic mass is 9.94. The first-order chi connectivity index (χ1) is 12.7. The van der Waals surface area contributed by atoms with Gasteiger partial charge in [-0.3, -0.25) is 4.90 Å². The van der Waals surface area contributed by atoms with E-state index in [1.165, 1.54) is 18.2 Å². The number of halogens is 2. The summed E-state index contributed by atoms with van der Waals surface area (Å²) in [5.41, 5.74) is 3.78. The van der Waals surface area contributed by atoms with E-state index in [0.29, 0.717) is 18.8 Å². The molecular weight excluding hydrogens is 332 g/mol. The van der Waals surface area contributed by atoms with Crippen LogP contribution in [0.15, 0.2) is 55.4 Å². The zero-order valence-corrected chi connectivity index (χ0v) is 14.3. The van der Waals surface area contributed by atoms with Crippen molar-refractivity contribution in [3.63, 3.8) is 0 Å². The molecule has 0 fully saturated rings. The molecule has 0 radical (unpaired) electrons. The van der Waals surface area contributed by atoms with E-state index in [4.69, 9.17) is 0 Å². The van der Waals surface area contributed by atoms with Crippen LogP contribution in [0.3, 0.4) is 0 Å². The van der Waals surface area contributed by atoms with Gasteiger partial charge in [-0.05, 0) is 23.3 Å². The lowest BCUT2D eigenvalue weighted by Crippen LogP contribution is -2.36. The molecule has 132 valence electrons. The highest BCUT2D eigenvalue weighted by molar-refractivity contribution is 5.48. The molecule has 26 heavy (non-hydrogen) atoms. The van der Waals surface area contributed by atoms with Crippen LogP contribution in [0.5, 0.6) is 0 Å². The minimum atomic E-state index is -0.557. The molecule has 1 aliphatic heterocycles. The normalized spacial score (nSPS) is 17.1. The fraction of sp³-hybridized carbons (Fsp3) is 0.190. The Morgan fingerprint density at radius 3 is 2.73 bits per heavy atom. The summed E-state index contributed by atoms with van der Waals surface area (Å²) in [7, 11) is 0. The second kappa shape index (κ2) is 6.84. The molecule has 0 amide bonds. The molecule has 2 aromatic carbocycles. The van der Waals surface area contributed by atoms with Crippen LogP contribution in [0.25, 0.3) is 6.08 Å². The summed E-state index contributed by atoms with van der Waals surface area (Å²) >= 11 is 0. The van der Waals surface area contributed by atoms with Gasteiger partial charge in [0, 0.05) is 30.8 Å². The van der Waals surface area contributed by atoms with E-state index in [1.54, 1.807) is 12.4 Å². The van der Waals surface area contributed by atoms with Gasteiger partial charge in [-0.2, -0.15) is 0 Å². The molecule has 0 saturated carbocycles. The molecule has 4 rings (SSSR count). The smallest absolute Gasteiger partial charge is 0.131 e. The van der Waals surface area contributed by atoms with Gasteiger partial charge in [0.25, 0.3) is 0 Å². The van der Waals surface area contributed by atoms with Crippen LogP contribution in [0.1, 0.15) is 34.1 Å². The molecule has 1 aromatic heterocycles. The highest BCUT2D eigenvalue weighted by Gasteiger charge is 2.34. The number of aromatic nitrogens is 2. The van der Waals surface area contributed by atoms with Crippen LogP contribution in [-0.2, 0) is 13.0 Å². The van der Waals surface area contributed by atoms with Crippen LogP contribution < -0.4 is 0 Å². The maximum absolute atomic E-state index is 14.5. The minimum absolute atomic E-state index is 0.0559. The highest BCUT2D eigenvalue weighted by atomic mass is 19.1. The standard InChI is InChI=1S/C21H19F2N3/c1-2-14-5-3-6-15(11-14)12-26-10-9-18-20(25-13-24-18)21(26)19-16(22)7-4-8-17(19)23/h2-8,11,13,21H,1,9-10,12H2,(H,24,25). The quantitative estimate of drug-likeness (QED) is 0.752. The van der Waals surface area contributed by atoms with Crippen molar-refractivity contribution >= 4 is 6.08 Å². The average molecular weight is 351 g/mol. The molecule has 2 heterocycles. The Bertz CT molecular complexity index is 928. The molecule has 0 bridgehead atoms. The minimum Gasteiger partial charge on any atom is -0.348 e. The zero-order valence-electron chi connectivity index (χ0n) is 14.3. The molecule has 5 heteroatoms. The Balaban J connectivity index is 1.77. The van der Waals surface area contributed by atoms with E-state index >= 15 is 0 Å². The number of imidazole rings is 1. The number of fused-ring (bicyclic) bond motifs is 1. The first-order valence-corrected chi connectivity index (χ1v) is 8.59. The highest BCUT2D eigenvalue weighted by Crippen LogP contribution is 2.36. The summed E-state index contributed by atoms with van der Waals surface area (Å²) in [6.45, 7) is 5.06. The third-order valence-electron chi connectivity index (χ3n) is 4.87. The van der Waals surface area contributed by atoms with Crippen LogP contribution in [0.2, 0.25) is 0 Å². The fourth-order valence-corrected chi connectivity index (χ4v) is 3.64. The third-order valence-corrected chi connectivity index (χ3v) is 4.87. The molecule has 1 N–H and O–H groups in total. The van der Waals surface area contributed by atoms with Gasteiger partial charge >= 0.3 is 0 Å². The first kappa shape index (κ1) is 16.7. The molecule has 0 saturated heterocycles. The SMILES string of the molecule is C=Cc1cccc(CN2CCc3[nH]cnc3C2c2c(F)cccc2F)c1. The second-order valence-electron chi connectivity index (χ2n) is 6.47. The van der Waals surface area contributed by atoms with Crippen molar-refractivity contribution in [1.82, 2.24) is 14.9 Å². The molecule has 1 atom stereocenters. The zero-order chi connectivity index (χ0) is 18.1. The predicted molar refractivity (Wildman–Crippen MR) is 97.4 cm³/mol. The lowest BCUT2D eigenvalue weighted by Gasteiger charge is -2.35. The van der Waals surface area contributed by atoms with Gasteiger partial charge in [-0.15, -0.1) is 0 Å². The Hall–Kier alpha value is -2.79. The fourth-order valence-electron chi connectivity index (χ4n) is 3.64.